The van der Waals surface area contributed by atoms with E-state index in [1.165, 1.54) is 55.2 Å². The third kappa shape index (κ3) is 3.47. The third-order valence-corrected chi connectivity index (χ3v) is 8.53. The Labute approximate surface area is 180 Å². The molecule has 4 bridgehead atoms. The van der Waals surface area contributed by atoms with Gasteiger partial charge in [0.25, 0.3) is 0 Å². The van der Waals surface area contributed by atoms with Crippen LogP contribution in [0.25, 0.3) is 0 Å². The number of nitrogens with zero attached hydrogens (tertiary/aromatic N) is 3. The fourth-order valence-electron chi connectivity index (χ4n) is 6.42. The number of para-hydroxylation sites is 1. The Morgan fingerprint density at radius 2 is 1.73 bits per heavy atom. The van der Waals surface area contributed by atoms with Crippen molar-refractivity contribution in [1.29, 1.82) is 0 Å². The molecule has 4 saturated carbocycles. The van der Waals surface area contributed by atoms with Crippen LogP contribution >= 0.6 is 11.8 Å². The monoisotopic (exact) mass is 425 g/mol. The molecule has 7 heteroatoms. The lowest BCUT2D eigenvalue weighted by atomic mass is 9.48. The van der Waals surface area contributed by atoms with Gasteiger partial charge in [0.1, 0.15) is 5.25 Å². The van der Waals surface area contributed by atoms with Crippen molar-refractivity contribution < 1.29 is 14.7 Å². The van der Waals surface area contributed by atoms with E-state index in [0.29, 0.717) is 10.9 Å². The van der Waals surface area contributed by atoms with Gasteiger partial charge in [-0.15, -0.1) is 5.10 Å². The van der Waals surface area contributed by atoms with Gasteiger partial charge < -0.3 is 5.11 Å². The summed E-state index contributed by atoms with van der Waals surface area (Å²) in [5, 5.41) is 18.2. The minimum Gasteiger partial charge on any atom is -0.481 e. The Morgan fingerprint density at radius 3 is 2.30 bits per heavy atom. The average Bonchev–Trinajstić information content (AvgIpc) is 3.00. The highest BCUT2D eigenvalue weighted by Gasteiger charge is 2.52. The number of carboxylic acids is 1. The normalized spacial score (nSPS) is 36.7. The highest BCUT2D eigenvalue weighted by Crippen LogP contribution is 2.60. The largest absolute Gasteiger partial charge is 0.481 e. The molecule has 30 heavy (non-hydrogen) atoms. The number of amidine groups is 1. The van der Waals surface area contributed by atoms with Crippen molar-refractivity contribution in [3.05, 3.63) is 30.3 Å². The average molecular weight is 426 g/mol. The zero-order valence-corrected chi connectivity index (χ0v) is 18.0. The lowest BCUT2D eigenvalue weighted by molar-refractivity contribution is -0.138. The van der Waals surface area contributed by atoms with E-state index >= 15 is 0 Å². The molecule has 5 aliphatic rings. The predicted molar refractivity (Wildman–Crippen MR) is 119 cm³/mol. The Kier molecular flexibility index (Phi) is 4.96. The van der Waals surface area contributed by atoms with E-state index in [1.807, 2.05) is 30.3 Å². The van der Waals surface area contributed by atoms with Crippen molar-refractivity contribution in [2.45, 2.75) is 57.1 Å². The molecule has 6 nitrogen and oxygen atoms in total. The fourth-order valence-corrected chi connectivity index (χ4v) is 7.49. The zero-order chi connectivity index (χ0) is 20.9. The molecule has 1 aromatic carbocycles. The van der Waals surface area contributed by atoms with E-state index in [0.717, 1.165) is 23.5 Å². The second-order valence-corrected chi connectivity index (χ2v) is 10.6. The number of hydrogen-bond acceptors (Lipinski definition) is 5. The van der Waals surface area contributed by atoms with Crippen LogP contribution in [0.1, 0.15) is 51.9 Å². The molecule has 1 aromatic rings. The first kappa shape index (κ1) is 19.8. The van der Waals surface area contributed by atoms with Crippen LogP contribution in [0.3, 0.4) is 0 Å². The van der Waals surface area contributed by atoms with Gasteiger partial charge >= 0.3 is 5.97 Å². The molecule has 0 aromatic heterocycles. The Balaban J connectivity index is 1.45. The molecule has 1 saturated heterocycles. The molecular formula is C23H27N3O3S. The second-order valence-electron chi connectivity index (χ2n) is 9.48. The van der Waals surface area contributed by atoms with E-state index in [1.54, 1.807) is 0 Å². The molecule has 1 N–H and O–H groups in total. The number of thioether (sulfide) groups is 1. The van der Waals surface area contributed by atoms with Crippen LogP contribution in [0.4, 0.5) is 5.69 Å². The molecule has 0 unspecified atom stereocenters. The first-order chi connectivity index (χ1) is 14.4. The summed E-state index contributed by atoms with van der Waals surface area (Å²) in [7, 11) is 0. The highest BCUT2D eigenvalue weighted by molar-refractivity contribution is 8.16. The lowest BCUT2D eigenvalue weighted by Gasteiger charge is -2.56. The zero-order valence-electron chi connectivity index (χ0n) is 17.2. The fraction of sp³-hybridized carbons (Fsp3) is 0.565. The van der Waals surface area contributed by atoms with Crippen molar-refractivity contribution in [2.24, 2.45) is 33.4 Å². The lowest BCUT2D eigenvalue weighted by Crippen LogP contribution is -2.49. The number of carbonyl (C=O) groups is 2. The number of rotatable bonds is 5. The molecule has 1 amide bonds. The maximum Gasteiger partial charge on any atom is 0.305 e. The highest BCUT2D eigenvalue weighted by atomic mass is 32.2. The minimum atomic E-state index is -0.983. The number of carbonyl (C=O) groups excluding carboxylic acids is 1. The van der Waals surface area contributed by atoms with Gasteiger partial charge in [-0.25, -0.2) is 0 Å². The number of aliphatic carboxylic acids is 1. The molecular weight excluding hydrogens is 398 g/mol. The molecule has 1 aliphatic heterocycles. The van der Waals surface area contributed by atoms with Gasteiger partial charge in [0, 0.05) is 11.1 Å². The van der Waals surface area contributed by atoms with Gasteiger partial charge in [-0.2, -0.15) is 5.10 Å². The first-order valence-corrected chi connectivity index (χ1v) is 11.7. The number of hydrogen-bond donors (Lipinski definition) is 1. The second kappa shape index (κ2) is 7.52. The summed E-state index contributed by atoms with van der Waals surface area (Å²) < 4.78 is 0. The first-order valence-electron chi connectivity index (χ1n) is 10.8. The van der Waals surface area contributed by atoms with E-state index in [-0.39, 0.29) is 17.7 Å². The van der Waals surface area contributed by atoms with Crippen LogP contribution in [0.5, 0.6) is 0 Å². The van der Waals surface area contributed by atoms with Gasteiger partial charge in [0.2, 0.25) is 5.91 Å². The SMILES string of the molecule is C/C(=N/N=C1\S[C@@H](CC(=O)O)C(=O)N1c1ccccc1)C12CC3CC(CC(C3)C1)C2. The molecule has 0 spiro atoms. The molecule has 6 rings (SSSR count). The molecule has 1 heterocycles. The van der Waals surface area contributed by atoms with Gasteiger partial charge in [-0.1, -0.05) is 30.0 Å². The molecule has 4 aliphatic carbocycles. The summed E-state index contributed by atoms with van der Waals surface area (Å²) in [4.78, 5) is 25.7. The van der Waals surface area contributed by atoms with E-state index < -0.39 is 11.2 Å². The van der Waals surface area contributed by atoms with Gasteiger partial charge in [-0.05, 0) is 75.3 Å². The van der Waals surface area contributed by atoms with Crippen molar-refractivity contribution >= 4 is 40.2 Å². The molecule has 1 atom stereocenters. The molecule has 158 valence electrons. The number of carboxylic acid groups (broad SMARTS) is 1. The quantitative estimate of drug-likeness (QED) is 0.554. The topological polar surface area (TPSA) is 82.3 Å². The van der Waals surface area contributed by atoms with Gasteiger partial charge in [0.05, 0.1) is 12.1 Å². The van der Waals surface area contributed by atoms with Gasteiger partial charge in [0.15, 0.2) is 5.17 Å². The van der Waals surface area contributed by atoms with Crippen LogP contribution in [-0.2, 0) is 9.59 Å². The van der Waals surface area contributed by atoms with Crippen molar-refractivity contribution in [3.63, 3.8) is 0 Å². The van der Waals surface area contributed by atoms with Gasteiger partial charge in [-0.3, -0.25) is 14.5 Å². The third-order valence-electron chi connectivity index (χ3n) is 7.40. The number of benzene rings is 1. The van der Waals surface area contributed by atoms with Crippen LogP contribution in [0.15, 0.2) is 40.5 Å². The summed E-state index contributed by atoms with van der Waals surface area (Å²) in [5.41, 5.74) is 1.95. The number of anilines is 1. The van der Waals surface area contributed by atoms with E-state index in [9.17, 15) is 14.7 Å². The van der Waals surface area contributed by atoms with Crippen LogP contribution < -0.4 is 4.90 Å². The maximum atomic E-state index is 12.9. The maximum absolute atomic E-state index is 12.9. The summed E-state index contributed by atoms with van der Waals surface area (Å²) >= 11 is 1.21. The van der Waals surface area contributed by atoms with E-state index in [4.69, 9.17) is 0 Å². The van der Waals surface area contributed by atoms with Crippen LogP contribution in [-0.4, -0.2) is 33.1 Å². The molecule has 0 radical (unpaired) electrons. The van der Waals surface area contributed by atoms with E-state index in [2.05, 4.69) is 17.1 Å². The van der Waals surface area contributed by atoms with Crippen LogP contribution in [0, 0.1) is 23.2 Å². The predicted octanol–water partition coefficient (Wildman–Crippen LogP) is 4.56. The Morgan fingerprint density at radius 1 is 1.13 bits per heavy atom. The Hall–Kier alpha value is -2.15. The molecule has 5 fully saturated rings. The summed E-state index contributed by atoms with van der Waals surface area (Å²) in [6.45, 7) is 2.10. The van der Waals surface area contributed by atoms with Crippen molar-refractivity contribution in [1.82, 2.24) is 0 Å². The number of amides is 1. The Bertz CT molecular complexity index is 892. The summed E-state index contributed by atoms with van der Waals surface area (Å²) in [5.74, 6) is 1.27. The van der Waals surface area contributed by atoms with Crippen molar-refractivity contribution in [2.75, 3.05) is 4.90 Å². The standard InChI is InChI=1S/C23H27N3O3S/c1-14(23-11-15-7-16(12-23)9-17(8-15)13-23)24-25-22-26(18-5-3-2-4-6-18)21(29)19(30-22)10-20(27)28/h2-6,15-17,19H,7-13H2,1H3,(H,27,28)/b24-14-,25-22-/t15?,16?,17?,19-,23?/m0/s1. The minimum absolute atomic E-state index is 0.171. The van der Waals surface area contributed by atoms with Crippen LogP contribution in [0.2, 0.25) is 0 Å². The summed E-state index contributed by atoms with van der Waals surface area (Å²) in [6, 6.07) is 9.29. The summed E-state index contributed by atoms with van der Waals surface area (Å²) in [6.07, 6.45) is 7.57. The van der Waals surface area contributed by atoms with Crippen molar-refractivity contribution in [3.8, 4) is 0 Å². The smallest absolute Gasteiger partial charge is 0.305 e.